The van der Waals surface area contributed by atoms with Gasteiger partial charge in [-0.3, -0.25) is 5.26 Å². The smallest absolute Gasteiger partial charge is 0.450 e. The van der Waals surface area contributed by atoms with Crippen LogP contribution in [0.1, 0.15) is 87.5 Å². The van der Waals surface area contributed by atoms with Crippen molar-refractivity contribution in [2.45, 2.75) is 105 Å². The first-order valence-corrected chi connectivity index (χ1v) is 8.52. The summed E-state index contributed by atoms with van der Waals surface area (Å²) in [7, 11) is 0. The van der Waals surface area contributed by atoms with Crippen molar-refractivity contribution < 1.29 is 29.6 Å². The van der Waals surface area contributed by atoms with E-state index in [1.54, 1.807) is 41.5 Å². The molecule has 1 unspecified atom stereocenters. The Balaban J connectivity index is -0.000000306. The fraction of sp³-hybridized carbons (Fsp3) is 0.941. The Morgan fingerprint density at radius 1 is 1.04 bits per heavy atom. The van der Waals surface area contributed by atoms with Gasteiger partial charge in [-0.15, -0.1) is 4.91 Å². The average molecular weight is 367 g/mol. The predicted molar refractivity (Wildman–Crippen MR) is 97.4 cm³/mol. The largest absolute Gasteiger partial charge is 0.506 e. The zero-order valence-corrected chi connectivity index (χ0v) is 17.0. The van der Waals surface area contributed by atoms with Gasteiger partial charge in [0.2, 0.25) is 0 Å². The van der Waals surface area contributed by atoms with Crippen molar-refractivity contribution in [3.05, 3.63) is 4.91 Å². The van der Waals surface area contributed by atoms with Crippen LogP contribution in [-0.4, -0.2) is 33.8 Å². The highest BCUT2D eigenvalue weighted by Crippen LogP contribution is 2.07. The molecule has 8 heteroatoms. The topological polar surface area (TPSA) is 115 Å². The highest BCUT2D eigenvalue weighted by atomic mass is 17.1. The molecule has 0 heterocycles. The summed E-state index contributed by atoms with van der Waals surface area (Å²) in [5.74, 6) is 0. The molecule has 1 atom stereocenters. The van der Waals surface area contributed by atoms with Crippen LogP contribution in [0.4, 0.5) is 4.79 Å². The predicted octanol–water partition coefficient (Wildman–Crippen LogP) is 5.80. The maximum atomic E-state index is 9.79. The Bertz CT molecular complexity index is 322. The number of rotatable bonds is 7. The van der Waals surface area contributed by atoms with Gasteiger partial charge in [-0.25, -0.2) is 9.68 Å². The summed E-state index contributed by atoms with van der Waals surface area (Å²) in [6, 6.07) is 0. The van der Waals surface area contributed by atoms with Gasteiger partial charge in [-0.05, 0) is 61.3 Å². The quantitative estimate of drug-likeness (QED) is 0.192. The summed E-state index contributed by atoms with van der Waals surface area (Å²) in [6.07, 6.45) is 4.56. The summed E-state index contributed by atoms with van der Waals surface area (Å²) in [4.78, 5) is 27.9. The normalized spacial score (nSPS) is 11.9. The second-order valence-electron chi connectivity index (χ2n) is 7.52. The van der Waals surface area contributed by atoms with E-state index >= 15 is 0 Å². The van der Waals surface area contributed by atoms with Crippen molar-refractivity contribution >= 4 is 6.16 Å². The molecule has 0 radical (unpaired) electrons. The van der Waals surface area contributed by atoms with Gasteiger partial charge in [-0.2, -0.15) is 0 Å². The fourth-order valence-electron chi connectivity index (χ4n) is 1.25. The van der Waals surface area contributed by atoms with Gasteiger partial charge in [0.05, 0.1) is 5.60 Å². The third-order valence-corrected chi connectivity index (χ3v) is 2.35. The number of nitrogens with zero attached hydrogens (tertiary/aromatic N) is 1. The molecular weight excluding hydrogens is 330 g/mol. The molecule has 25 heavy (non-hydrogen) atoms. The van der Waals surface area contributed by atoms with Crippen molar-refractivity contribution in [1.29, 1.82) is 0 Å². The minimum Gasteiger partial charge on any atom is -0.450 e. The molecule has 0 amide bonds. The Kier molecular flexibility index (Phi) is 18.3. The lowest BCUT2D eigenvalue weighted by molar-refractivity contribution is -0.306. The third-order valence-electron chi connectivity index (χ3n) is 2.35. The van der Waals surface area contributed by atoms with Crippen LogP contribution in [0.2, 0.25) is 0 Å². The number of ether oxygens (including phenoxy) is 1. The second-order valence-corrected chi connectivity index (χ2v) is 7.52. The van der Waals surface area contributed by atoms with Crippen LogP contribution in [0.5, 0.6) is 0 Å². The fourth-order valence-corrected chi connectivity index (χ4v) is 1.25. The molecular formula is C17H37NO7. The highest BCUT2D eigenvalue weighted by Gasteiger charge is 2.14. The number of unbranched alkanes of at least 4 members (excludes halogenated alkanes) is 3. The summed E-state index contributed by atoms with van der Waals surface area (Å²) >= 11 is 0. The standard InChI is InChI=1S/C8H17NO2.C5H10O3.C4H10O2/c1-3-4-5-6-7-8(2)11-9-10;1-5(2,3)8-4(6)7;1-4(2,3)6-5/h8H,3-7H2,1-2H3;1-3H3,(H,6,7);5H,1-3H3. The first-order valence-electron chi connectivity index (χ1n) is 8.52. The molecule has 0 rings (SSSR count). The Morgan fingerprint density at radius 3 is 1.76 bits per heavy atom. The van der Waals surface area contributed by atoms with Gasteiger partial charge in [-0.1, -0.05) is 26.2 Å². The molecule has 0 fully saturated rings. The minimum atomic E-state index is -1.22. The van der Waals surface area contributed by atoms with Crippen LogP contribution in [0.15, 0.2) is 5.34 Å². The van der Waals surface area contributed by atoms with Gasteiger partial charge in [0.25, 0.3) is 0 Å². The van der Waals surface area contributed by atoms with E-state index in [1.807, 2.05) is 6.92 Å². The molecule has 0 aromatic heterocycles. The van der Waals surface area contributed by atoms with E-state index < -0.39 is 17.4 Å². The van der Waals surface area contributed by atoms with Crippen molar-refractivity contribution in [3.63, 3.8) is 0 Å². The molecule has 0 saturated carbocycles. The van der Waals surface area contributed by atoms with Crippen molar-refractivity contribution in [2.24, 2.45) is 5.34 Å². The zero-order chi connectivity index (χ0) is 20.5. The molecule has 8 nitrogen and oxygen atoms in total. The van der Waals surface area contributed by atoms with E-state index in [2.05, 4.69) is 26.7 Å². The van der Waals surface area contributed by atoms with Crippen LogP contribution in [0.3, 0.4) is 0 Å². The summed E-state index contributed by atoms with van der Waals surface area (Å²) < 4.78 is 4.35. The van der Waals surface area contributed by atoms with E-state index in [0.29, 0.717) is 0 Å². The van der Waals surface area contributed by atoms with Gasteiger partial charge < -0.3 is 14.7 Å². The molecule has 0 aliphatic rings. The lowest BCUT2D eigenvalue weighted by atomic mass is 10.1. The van der Waals surface area contributed by atoms with Crippen LogP contribution < -0.4 is 0 Å². The van der Waals surface area contributed by atoms with Crippen molar-refractivity contribution in [1.82, 2.24) is 0 Å². The minimum absolute atomic E-state index is 0.00986. The lowest BCUT2D eigenvalue weighted by Crippen LogP contribution is -2.22. The van der Waals surface area contributed by atoms with Gasteiger partial charge in [0.1, 0.15) is 11.7 Å². The Morgan fingerprint density at radius 2 is 1.52 bits per heavy atom. The molecule has 152 valence electrons. The van der Waals surface area contributed by atoms with E-state index in [0.717, 1.165) is 12.8 Å². The summed E-state index contributed by atoms with van der Waals surface area (Å²) in [6.45, 7) is 14.4. The monoisotopic (exact) mass is 367 g/mol. The molecule has 0 aromatic rings. The molecule has 0 bridgehead atoms. The van der Waals surface area contributed by atoms with Crippen LogP contribution in [0.25, 0.3) is 0 Å². The maximum Gasteiger partial charge on any atom is 0.506 e. The molecule has 0 saturated heterocycles. The maximum absolute atomic E-state index is 9.79. The lowest BCUT2D eigenvalue weighted by Gasteiger charge is -2.15. The molecule has 0 aliphatic heterocycles. The number of carbonyl (C=O) groups is 1. The molecule has 2 N–H and O–H groups in total. The average Bonchev–Trinajstić information content (AvgIpc) is 2.42. The summed E-state index contributed by atoms with van der Waals surface area (Å²) in [5, 5.41) is 18.3. The van der Waals surface area contributed by atoms with E-state index in [9.17, 15) is 9.70 Å². The van der Waals surface area contributed by atoms with E-state index in [4.69, 9.17) is 10.4 Å². The van der Waals surface area contributed by atoms with Gasteiger partial charge in [0, 0.05) is 0 Å². The Hall–Kier alpha value is -1.41. The zero-order valence-electron chi connectivity index (χ0n) is 17.0. The third kappa shape index (κ3) is 39.4. The first kappa shape index (κ1) is 28.4. The Labute approximate surface area is 151 Å². The van der Waals surface area contributed by atoms with E-state index in [-0.39, 0.29) is 6.10 Å². The SMILES string of the molecule is CC(C)(C)OC(=O)O.CC(C)(C)OO.CCCCCCC(C)ON=O. The first-order chi connectivity index (χ1) is 11.3. The van der Waals surface area contributed by atoms with Crippen LogP contribution >= 0.6 is 0 Å². The van der Waals surface area contributed by atoms with Crippen molar-refractivity contribution in [3.8, 4) is 0 Å². The second kappa shape index (κ2) is 16.1. The number of carboxylic acid groups (broad SMARTS) is 1. The van der Waals surface area contributed by atoms with Crippen LogP contribution in [0, 0.1) is 4.91 Å². The van der Waals surface area contributed by atoms with Crippen molar-refractivity contribution in [2.75, 3.05) is 0 Å². The molecule has 0 aliphatic carbocycles. The van der Waals surface area contributed by atoms with Gasteiger partial charge >= 0.3 is 6.16 Å². The summed E-state index contributed by atoms with van der Waals surface area (Å²) in [5.41, 5.74) is -0.980. The molecule has 0 aromatic carbocycles. The number of hydrogen-bond donors (Lipinski definition) is 2. The highest BCUT2D eigenvalue weighted by molar-refractivity contribution is 5.57. The van der Waals surface area contributed by atoms with Gasteiger partial charge in [0.15, 0.2) is 5.34 Å². The van der Waals surface area contributed by atoms with E-state index in [1.165, 1.54) is 19.3 Å². The number of hydrogen-bond acceptors (Lipinski definition) is 7. The van der Waals surface area contributed by atoms with Crippen LogP contribution in [-0.2, 0) is 14.5 Å². The molecule has 0 spiro atoms.